The summed E-state index contributed by atoms with van der Waals surface area (Å²) in [4.78, 5) is 17.6. The van der Waals surface area contributed by atoms with Crippen molar-refractivity contribution in [3.8, 4) is 0 Å². The average molecular weight is 232 g/mol. The van der Waals surface area contributed by atoms with E-state index in [1.807, 2.05) is 0 Å². The van der Waals surface area contributed by atoms with Crippen molar-refractivity contribution in [2.24, 2.45) is 0 Å². The van der Waals surface area contributed by atoms with E-state index in [1.54, 1.807) is 33.2 Å². The standard InChI is InChI=1S/C13H13FN2O/c1-8-11(13(17)16(2)3)6-9-4-5-10(14)7-12(9)15-8/h4-7H,1-3H3. The van der Waals surface area contributed by atoms with Crippen molar-refractivity contribution in [1.82, 2.24) is 9.88 Å². The number of pyridine rings is 1. The molecule has 3 nitrogen and oxygen atoms in total. The second-order valence-corrected chi connectivity index (χ2v) is 4.16. The molecule has 0 aliphatic heterocycles. The normalized spacial score (nSPS) is 10.6. The number of hydrogen-bond acceptors (Lipinski definition) is 2. The summed E-state index contributed by atoms with van der Waals surface area (Å²) in [6.07, 6.45) is 0. The van der Waals surface area contributed by atoms with E-state index in [2.05, 4.69) is 4.98 Å². The minimum absolute atomic E-state index is 0.0961. The van der Waals surface area contributed by atoms with Gasteiger partial charge in [-0.25, -0.2) is 4.39 Å². The van der Waals surface area contributed by atoms with Crippen molar-refractivity contribution in [1.29, 1.82) is 0 Å². The van der Waals surface area contributed by atoms with E-state index in [-0.39, 0.29) is 11.7 Å². The van der Waals surface area contributed by atoms with Gasteiger partial charge < -0.3 is 4.90 Å². The third-order valence-electron chi connectivity index (χ3n) is 2.61. The first kappa shape index (κ1) is 11.5. The lowest BCUT2D eigenvalue weighted by Crippen LogP contribution is -2.22. The minimum atomic E-state index is -0.323. The van der Waals surface area contributed by atoms with E-state index in [0.29, 0.717) is 16.8 Å². The van der Waals surface area contributed by atoms with E-state index in [0.717, 1.165) is 5.39 Å². The van der Waals surface area contributed by atoms with Crippen LogP contribution in [0.1, 0.15) is 16.1 Å². The van der Waals surface area contributed by atoms with Crippen LogP contribution in [0.25, 0.3) is 10.9 Å². The maximum atomic E-state index is 13.0. The zero-order valence-corrected chi connectivity index (χ0v) is 9.99. The Morgan fingerprint density at radius 2 is 2.00 bits per heavy atom. The molecule has 0 unspecified atom stereocenters. The van der Waals surface area contributed by atoms with Crippen LogP contribution in [0.3, 0.4) is 0 Å². The van der Waals surface area contributed by atoms with E-state index < -0.39 is 0 Å². The monoisotopic (exact) mass is 232 g/mol. The van der Waals surface area contributed by atoms with Crippen LogP contribution in [0, 0.1) is 12.7 Å². The quantitative estimate of drug-likeness (QED) is 0.756. The van der Waals surface area contributed by atoms with Gasteiger partial charge in [0, 0.05) is 25.5 Å². The third-order valence-corrected chi connectivity index (χ3v) is 2.61. The number of aromatic nitrogens is 1. The zero-order valence-electron chi connectivity index (χ0n) is 9.99. The molecule has 2 aromatic rings. The van der Waals surface area contributed by atoms with Gasteiger partial charge in [0.1, 0.15) is 5.82 Å². The SMILES string of the molecule is Cc1nc2cc(F)ccc2cc1C(=O)N(C)C. The van der Waals surface area contributed by atoms with E-state index in [1.165, 1.54) is 17.0 Å². The fraction of sp³-hybridized carbons (Fsp3) is 0.231. The van der Waals surface area contributed by atoms with Gasteiger partial charge in [-0.15, -0.1) is 0 Å². The van der Waals surface area contributed by atoms with Gasteiger partial charge in [0.15, 0.2) is 0 Å². The van der Waals surface area contributed by atoms with Crippen LogP contribution < -0.4 is 0 Å². The van der Waals surface area contributed by atoms with E-state index in [9.17, 15) is 9.18 Å². The summed E-state index contributed by atoms with van der Waals surface area (Å²) in [7, 11) is 3.38. The molecule has 0 aliphatic carbocycles. The maximum Gasteiger partial charge on any atom is 0.255 e. The molecule has 0 bridgehead atoms. The number of amides is 1. The van der Waals surface area contributed by atoms with Gasteiger partial charge in [-0.1, -0.05) is 0 Å². The highest BCUT2D eigenvalue weighted by molar-refractivity contribution is 5.98. The minimum Gasteiger partial charge on any atom is -0.345 e. The molecule has 0 N–H and O–H groups in total. The van der Waals surface area contributed by atoms with Gasteiger partial charge in [0.05, 0.1) is 16.8 Å². The topological polar surface area (TPSA) is 33.2 Å². The smallest absolute Gasteiger partial charge is 0.255 e. The molecule has 1 amide bonds. The summed E-state index contributed by atoms with van der Waals surface area (Å²) < 4.78 is 13.0. The number of benzene rings is 1. The lowest BCUT2D eigenvalue weighted by atomic mass is 10.1. The van der Waals surface area contributed by atoms with Crippen molar-refractivity contribution in [3.05, 3.63) is 41.3 Å². The summed E-state index contributed by atoms with van der Waals surface area (Å²) in [5, 5.41) is 0.766. The fourth-order valence-electron chi connectivity index (χ4n) is 1.69. The van der Waals surface area contributed by atoms with Crippen LogP contribution in [0.2, 0.25) is 0 Å². The molecular weight excluding hydrogens is 219 g/mol. The molecule has 1 aromatic heterocycles. The van der Waals surface area contributed by atoms with Crippen molar-refractivity contribution >= 4 is 16.8 Å². The van der Waals surface area contributed by atoms with Crippen molar-refractivity contribution < 1.29 is 9.18 Å². The highest BCUT2D eigenvalue weighted by atomic mass is 19.1. The molecule has 1 aromatic carbocycles. The Morgan fingerprint density at radius 3 is 2.65 bits per heavy atom. The molecule has 0 radical (unpaired) electrons. The Bertz CT molecular complexity index is 593. The number of carbonyl (C=O) groups excluding carboxylic acids is 1. The predicted molar refractivity (Wildman–Crippen MR) is 64.5 cm³/mol. The molecule has 0 aliphatic rings. The Hall–Kier alpha value is -1.97. The lowest BCUT2D eigenvalue weighted by Gasteiger charge is -2.12. The van der Waals surface area contributed by atoms with E-state index >= 15 is 0 Å². The van der Waals surface area contributed by atoms with Gasteiger partial charge >= 0.3 is 0 Å². The number of rotatable bonds is 1. The number of nitrogens with zero attached hydrogens (tertiary/aromatic N) is 2. The predicted octanol–water partition coefficient (Wildman–Crippen LogP) is 2.38. The molecule has 0 atom stereocenters. The Kier molecular flexibility index (Phi) is 2.79. The van der Waals surface area contributed by atoms with Crippen LogP contribution in [-0.4, -0.2) is 29.9 Å². The average Bonchev–Trinajstić information content (AvgIpc) is 2.27. The van der Waals surface area contributed by atoms with Crippen molar-refractivity contribution in [2.45, 2.75) is 6.92 Å². The molecule has 1 heterocycles. The summed E-state index contributed by atoms with van der Waals surface area (Å²) in [6, 6.07) is 6.11. The maximum absolute atomic E-state index is 13.0. The van der Waals surface area contributed by atoms with Crippen LogP contribution in [0.4, 0.5) is 4.39 Å². The summed E-state index contributed by atoms with van der Waals surface area (Å²) >= 11 is 0. The molecule has 0 spiro atoms. The first-order valence-corrected chi connectivity index (χ1v) is 5.27. The van der Waals surface area contributed by atoms with Gasteiger partial charge in [0.2, 0.25) is 0 Å². The van der Waals surface area contributed by atoms with Crippen molar-refractivity contribution in [2.75, 3.05) is 14.1 Å². The summed E-state index contributed by atoms with van der Waals surface area (Å²) in [6.45, 7) is 1.75. The molecule has 17 heavy (non-hydrogen) atoms. The van der Waals surface area contributed by atoms with Crippen LogP contribution in [0.15, 0.2) is 24.3 Å². The number of hydrogen-bond donors (Lipinski definition) is 0. The second-order valence-electron chi connectivity index (χ2n) is 4.16. The zero-order chi connectivity index (χ0) is 12.6. The number of aryl methyl sites for hydroxylation is 1. The highest BCUT2D eigenvalue weighted by Crippen LogP contribution is 2.18. The van der Waals surface area contributed by atoms with Gasteiger partial charge in [0.25, 0.3) is 5.91 Å². The Labute approximate surface area is 98.9 Å². The summed E-state index contributed by atoms with van der Waals surface area (Å²) in [5.74, 6) is -0.419. The fourth-order valence-corrected chi connectivity index (χ4v) is 1.69. The van der Waals surface area contributed by atoms with Gasteiger partial charge in [-0.05, 0) is 25.1 Å². The molecule has 0 saturated carbocycles. The molecular formula is C13H13FN2O. The van der Waals surface area contributed by atoms with Crippen LogP contribution in [0.5, 0.6) is 0 Å². The number of halogens is 1. The first-order valence-electron chi connectivity index (χ1n) is 5.27. The molecule has 88 valence electrons. The van der Waals surface area contributed by atoms with Crippen molar-refractivity contribution in [3.63, 3.8) is 0 Å². The highest BCUT2D eigenvalue weighted by Gasteiger charge is 2.13. The van der Waals surface area contributed by atoms with Gasteiger partial charge in [-0.2, -0.15) is 0 Å². The Morgan fingerprint density at radius 1 is 1.29 bits per heavy atom. The number of fused-ring (bicyclic) bond motifs is 1. The third kappa shape index (κ3) is 2.11. The largest absolute Gasteiger partial charge is 0.345 e. The summed E-state index contributed by atoms with van der Waals surface area (Å²) in [5.41, 5.74) is 1.73. The molecule has 4 heteroatoms. The molecule has 2 rings (SSSR count). The van der Waals surface area contributed by atoms with Crippen LogP contribution in [-0.2, 0) is 0 Å². The van der Waals surface area contributed by atoms with E-state index in [4.69, 9.17) is 0 Å². The Balaban J connectivity index is 2.64. The first-order chi connectivity index (χ1) is 7.99. The van der Waals surface area contributed by atoms with Crippen LogP contribution >= 0.6 is 0 Å². The molecule has 0 saturated heterocycles. The number of carbonyl (C=O) groups is 1. The van der Waals surface area contributed by atoms with Gasteiger partial charge in [-0.3, -0.25) is 9.78 Å². The lowest BCUT2D eigenvalue weighted by molar-refractivity contribution is 0.0826. The second kappa shape index (κ2) is 4.13. The molecule has 0 fully saturated rings.